The normalized spacial score (nSPS) is 20.2. The smallest absolute Gasteiger partial charge is 0.158 e. The maximum absolute atomic E-state index is 6.36. The van der Waals surface area contributed by atoms with E-state index in [1.54, 1.807) is 0 Å². The third kappa shape index (κ3) is 4.73. The van der Waals surface area contributed by atoms with Crippen molar-refractivity contribution in [3.63, 3.8) is 0 Å². The van der Waals surface area contributed by atoms with Crippen molar-refractivity contribution in [2.45, 2.75) is 38.6 Å². The van der Waals surface area contributed by atoms with Gasteiger partial charge in [-0.05, 0) is 36.1 Å². The van der Waals surface area contributed by atoms with Crippen molar-refractivity contribution < 1.29 is 14.2 Å². The van der Waals surface area contributed by atoms with E-state index in [0.29, 0.717) is 24.0 Å². The Bertz CT molecular complexity index is 645. The number of rotatable bonds is 7. The summed E-state index contributed by atoms with van der Waals surface area (Å²) in [6.45, 7) is 3.15. The second kappa shape index (κ2) is 8.52. The van der Waals surface area contributed by atoms with E-state index in [4.69, 9.17) is 25.8 Å². The summed E-state index contributed by atoms with van der Waals surface area (Å²) in [4.78, 5) is 0. The second-order valence-electron chi connectivity index (χ2n) is 6.05. The molecule has 1 saturated heterocycles. The topological polar surface area (TPSA) is 27.7 Å². The van der Waals surface area contributed by atoms with Crippen molar-refractivity contribution in [2.24, 2.45) is 0 Å². The standard InChI is InChI=1S/C20H23ClO3/c1-2-6-20-23-14-17(24-20)13-22-19-10-9-16(12-18(19)21)11-15-7-4-3-5-8-15/h3-5,7-10,12,17,20H,2,6,11,13-14H2,1H3. The fourth-order valence-electron chi connectivity index (χ4n) is 2.77. The van der Waals surface area contributed by atoms with Crippen LogP contribution in [0.25, 0.3) is 0 Å². The summed E-state index contributed by atoms with van der Waals surface area (Å²) in [7, 11) is 0. The average Bonchev–Trinajstić information content (AvgIpc) is 3.03. The third-order valence-corrected chi connectivity index (χ3v) is 4.30. The lowest BCUT2D eigenvalue weighted by Gasteiger charge is -2.13. The van der Waals surface area contributed by atoms with Crippen LogP contribution in [0.5, 0.6) is 5.75 Å². The highest BCUT2D eigenvalue weighted by Crippen LogP contribution is 2.27. The molecule has 0 amide bonds. The fraction of sp³-hybridized carbons (Fsp3) is 0.400. The molecule has 0 saturated carbocycles. The molecule has 2 aromatic rings. The van der Waals surface area contributed by atoms with Crippen LogP contribution in [0.3, 0.4) is 0 Å². The van der Waals surface area contributed by atoms with Gasteiger partial charge < -0.3 is 14.2 Å². The van der Waals surface area contributed by atoms with Gasteiger partial charge >= 0.3 is 0 Å². The molecule has 0 bridgehead atoms. The number of halogens is 1. The van der Waals surface area contributed by atoms with E-state index in [9.17, 15) is 0 Å². The molecular weight excluding hydrogens is 324 g/mol. The van der Waals surface area contributed by atoms with Crippen LogP contribution in [-0.2, 0) is 15.9 Å². The summed E-state index contributed by atoms with van der Waals surface area (Å²) >= 11 is 6.36. The van der Waals surface area contributed by atoms with Crippen molar-refractivity contribution in [3.8, 4) is 5.75 Å². The molecular formula is C20H23ClO3. The molecule has 128 valence electrons. The number of hydrogen-bond acceptors (Lipinski definition) is 3. The van der Waals surface area contributed by atoms with E-state index < -0.39 is 0 Å². The summed E-state index contributed by atoms with van der Waals surface area (Å²) in [5.74, 6) is 0.691. The van der Waals surface area contributed by atoms with Crippen LogP contribution in [0.4, 0.5) is 0 Å². The van der Waals surface area contributed by atoms with Crippen LogP contribution in [0.2, 0.25) is 5.02 Å². The average molecular weight is 347 g/mol. The lowest BCUT2D eigenvalue weighted by atomic mass is 10.1. The first kappa shape index (κ1) is 17.3. The minimum Gasteiger partial charge on any atom is -0.489 e. The zero-order valence-corrected chi connectivity index (χ0v) is 14.7. The molecule has 3 rings (SSSR count). The summed E-state index contributed by atoms with van der Waals surface area (Å²) in [6.07, 6.45) is 2.71. The highest BCUT2D eigenvalue weighted by molar-refractivity contribution is 6.32. The van der Waals surface area contributed by atoms with Gasteiger partial charge in [0.1, 0.15) is 18.5 Å². The Balaban J connectivity index is 1.53. The number of hydrogen-bond donors (Lipinski definition) is 0. The number of ether oxygens (including phenoxy) is 3. The minimum atomic E-state index is -0.0904. The summed E-state index contributed by atoms with van der Waals surface area (Å²) in [6, 6.07) is 16.3. The summed E-state index contributed by atoms with van der Waals surface area (Å²) in [5, 5.41) is 0.632. The van der Waals surface area contributed by atoms with Gasteiger partial charge in [-0.3, -0.25) is 0 Å². The quantitative estimate of drug-likeness (QED) is 0.717. The molecule has 0 N–H and O–H groups in total. The van der Waals surface area contributed by atoms with Gasteiger partial charge in [0, 0.05) is 0 Å². The molecule has 1 aliphatic rings. The largest absolute Gasteiger partial charge is 0.489 e. The van der Waals surface area contributed by atoms with Gasteiger partial charge in [0.15, 0.2) is 6.29 Å². The van der Waals surface area contributed by atoms with Gasteiger partial charge in [-0.1, -0.05) is 61.3 Å². The van der Waals surface area contributed by atoms with E-state index in [1.165, 1.54) is 11.1 Å². The van der Waals surface area contributed by atoms with Crippen molar-refractivity contribution in [1.29, 1.82) is 0 Å². The molecule has 4 heteroatoms. The Morgan fingerprint density at radius 3 is 2.71 bits per heavy atom. The highest BCUT2D eigenvalue weighted by atomic mass is 35.5. The Morgan fingerprint density at radius 2 is 1.96 bits per heavy atom. The lowest BCUT2D eigenvalue weighted by Crippen LogP contribution is -2.21. The van der Waals surface area contributed by atoms with Crippen LogP contribution in [-0.4, -0.2) is 25.6 Å². The van der Waals surface area contributed by atoms with E-state index in [0.717, 1.165) is 19.3 Å². The first-order valence-electron chi connectivity index (χ1n) is 8.47. The minimum absolute atomic E-state index is 0.0263. The van der Waals surface area contributed by atoms with Gasteiger partial charge in [-0.2, -0.15) is 0 Å². The van der Waals surface area contributed by atoms with Crippen molar-refractivity contribution in [1.82, 2.24) is 0 Å². The molecule has 1 fully saturated rings. The van der Waals surface area contributed by atoms with Crippen LogP contribution in [0.1, 0.15) is 30.9 Å². The maximum Gasteiger partial charge on any atom is 0.158 e. The molecule has 1 aliphatic heterocycles. The zero-order chi connectivity index (χ0) is 16.8. The van der Waals surface area contributed by atoms with Gasteiger partial charge in [0.2, 0.25) is 0 Å². The van der Waals surface area contributed by atoms with Crippen molar-refractivity contribution in [3.05, 3.63) is 64.7 Å². The van der Waals surface area contributed by atoms with Gasteiger partial charge in [0.25, 0.3) is 0 Å². The second-order valence-corrected chi connectivity index (χ2v) is 6.46. The molecule has 0 radical (unpaired) electrons. The van der Waals surface area contributed by atoms with Crippen LogP contribution in [0, 0.1) is 0 Å². The molecule has 3 nitrogen and oxygen atoms in total. The molecule has 2 unspecified atom stereocenters. The van der Waals surface area contributed by atoms with E-state index in [2.05, 4.69) is 25.1 Å². The van der Waals surface area contributed by atoms with Gasteiger partial charge in [-0.25, -0.2) is 0 Å². The fourth-order valence-corrected chi connectivity index (χ4v) is 3.03. The highest BCUT2D eigenvalue weighted by Gasteiger charge is 2.25. The van der Waals surface area contributed by atoms with E-state index in [1.807, 2.05) is 30.3 Å². The Labute approximate surface area is 148 Å². The van der Waals surface area contributed by atoms with Crippen LogP contribution >= 0.6 is 11.6 Å². The monoisotopic (exact) mass is 346 g/mol. The van der Waals surface area contributed by atoms with Crippen molar-refractivity contribution in [2.75, 3.05) is 13.2 Å². The van der Waals surface area contributed by atoms with Crippen molar-refractivity contribution >= 4 is 11.6 Å². The molecule has 1 heterocycles. The lowest BCUT2D eigenvalue weighted by molar-refractivity contribution is -0.0676. The molecule has 24 heavy (non-hydrogen) atoms. The first-order valence-corrected chi connectivity index (χ1v) is 8.84. The summed E-state index contributed by atoms with van der Waals surface area (Å²) in [5.41, 5.74) is 2.43. The molecule has 0 aliphatic carbocycles. The molecule has 0 aromatic heterocycles. The molecule has 2 aromatic carbocycles. The van der Waals surface area contributed by atoms with E-state index >= 15 is 0 Å². The Hall–Kier alpha value is -1.55. The third-order valence-electron chi connectivity index (χ3n) is 4.01. The SMILES string of the molecule is CCCC1OCC(COc2ccc(Cc3ccccc3)cc2Cl)O1. The Morgan fingerprint density at radius 1 is 1.12 bits per heavy atom. The van der Waals surface area contributed by atoms with Gasteiger partial charge in [0.05, 0.1) is 11.6 Å². The first-order chi connectivity index (χ1) is 11.7. The van der Waals surface area contributed by atoms with Gasteiger partial charge in [-0.15, -0.1) is 0 Å². The van der Waals surface area contributed by atoms with Crippen LogP contribution in [0.15, 0.2) is 48.5 Å². The van der Waals surface area contributed by atoms with Crippen LogP contribution < -0.4 is 4.74 Å². The predicted octanol–water partition coefficient (Wildman–Crippen LogP) is 4.85. The predicted molar refractivity (Wildman–Crippen MR) is 95.7 cm³/mol. The Kier molecular flexibility index (Phi) is 6.13. The maximum atomic E-state index is 6.36. The summed E-state index contributed by atoms with van der Waals surface area (Å²) < 4.78 is 17.2. The zero-order valence-electron chi connectivity index (χ0n) is 13.9. The molecule has 0 spiro atoms. The molecule has 2 atom stereocenters. The van der Waals surface area contributed by atoms with E-state index in [-0.39, 0.29) is 12.4 Å². The number of benzene rings is 2.